The lowest BCUT2D eigenvalue weighted by molar-refractivity contribution is -0.131. The molecule has 0 spiro atoms. The number of rotatable bonds is 9. The molecular weight excluding hydrogens is 420 g/mol. The SMILES string of the molecule is CCOc1ccc(CC(=O)NCc2ccc(NC(=O)c3cccc(OC(C)=O)c3)cc2)cc1. The Hall–Kier alpha value is -4.13. The van der Waals surface area contributed by atoms with E-state index in [1.165, 1.54) is 13.0 Å². The van der Waals surface area contributed by atoms with E-state index in [1.807, 2.05) is 43.3 Å². The third-order valence-electron chi connectivity index (χ3n) is 4.66. The Bertz CT molecular complexity index is 1110. The van der Waals surface area contributed by atoms with Crippen LogP contribution in [0, 0.1) is 0 Å². The molecule has 0 heterocycles. The minimum Gasteiger partial charge on any atom is -0.494 e. The summed E-state index contributed by atoms with van der Waals surface area (Å²) in [6.07, 6.45) is 0.285. The van der Waals surface area contributed by atoms with Gasteiger partial charge in [-0.2, -0.15) is 0 Å². The van der Waals surface area contributed by atoms with Crippen molar-refractivity contribution in [2.75, 3.05) is 11.9 Å². The molecule has 3 aromatic rings. The van der Waals surface area contributed by atoms with Crippen molar-refractivity contribution in [3.63, 3.8) is 0 Å². The van der Waals surface area contributed by atoms with E-state index in [0.29, 0.717) is 30.2 Å². The first kappa shape index (κ1) is 23.5. The van der Waals surface area contributed by atoms with E-state index in [9.17, 15) is 14.4 Å². The van der Waals surface area contributed by atoms with Crippen LogP contribution >= 0.6 is 0 Å². The number of anilines is 1. The molecule has 7 nitrogen and oxygen atoms in total. The lowest BCUT2D eigenvalue weighted by Gasteiger charge is -2.09. The molecule has 2 N–H and O–H groups in total. The van der Waals surface area contributed by atoms with Gasteiger partial charge in [0.05, 0.1) is 13.0 Å². The Labute approximate surface area is 192 Å². The normalized spacial score (nSPS) is 10.2. The monoisotopic (exact) mass is 446 g/mol. The molecule has 0 bridgehead atoms. The second-order valence-corrected chi connectivity index (χ2v) is 7.30. The fourth-order valence-corrected chi connectivity index (χ4v) is 3.09. The number of benzene rings is 3. The fourth-order valence-electron chi connectivity index (χ4n) is 3.09. The van der Waals surface area contributed by atoms with Crippen LogP contribution < -0.4 is 20.1 Å². The minimum absolute atomic E-state index is 0.0794. The predicted molar refractivity (Wildman–Crippen MR) is 125 cm³/mol. The van der Waals surface area contributed by atoms with Crippen LogP contribution in [0.5, 0.6) is 11.5 Å². The van der Waals surface area contributed by atoms with Crippen molar-refractivity contribution < 1.29 is 23.9 Å². The van der Waals surface area contributed by atoms with Crippen LogP contribution in [-0.4, -0.2) is 24.4 Å². The van der Waals surface area contributed by atoms with Gasteiger partial charge in [-0.15, -0.1) is 0 Å². The van der Waals surface area contributed by atoms with Crippen molar-refractivity contribution in [3.05, 3.63) is 89.5 Å². The van der Waals surface area contributed by atoms with Gasteiger partial charge in [-0.05, 0) is 60.5 Å². The summed E-state index contributed by atoms with van der Waals surface area (Å²) in [6, 6.07) is 21.1. The van der Waals surface area contributed by atoms with E-state index < -0.39 is 5.97 Å². The Kier molecular flexibility index (Phi) is 8.18. The Morgan fingerprint density at radius 1 is 0.848 bits per heavy atom. The summed E-state index contributed by atoms with van der Waals surface area (Å²) in [5, 5.41) is 5.70. The predicted octanol–water partition coefficient (Wildman–Crippen LogP) is 4.12. The highest BCUT2D eigenvalue weighted by Gasteiger charge is 2.09. The zero-order valence-corrected chi connectivity index (χ0v) is 18.6. The summed E-state index contributed by atoms with van der Waals surface area (Å²) in [6.45, 7) is 4.21. The first-order chi connectivity index (χ1) is 15.9. The van der Waals surface area contributed by atoms with Gasteiger partial charge in [-0.1, -0.05) is 30.3 Å². The van der Waals surface area contributed by atoms with Gasteiger partial charge in [0.1, 0.15) is 11.5 Å². The molecule has 0 fully saturated rings. The van der Waals surface area contributed by atoms with Gasteiger partial charge >= 0.3 is 5.97 Å². The maximum absolute atomic E-state index is 12.5. The molecule has 170 valence electrons. The Morgan fingerprint density at radius 2 is 1.55 bits per heavy atom. The zero-order valence-electron chi connectivity index (χ0n) is 18.6. The molecule has 0 unspecified atom stereocenters. The number of nitrogens with one attached hydrogen (secondary N) is 2. The van der Waals surface area contributed by atoms with E-state index in [4.69, 9.17) is 9.47 Å². The van der Waals surface area contributed by atoms with Crippen LogP contribution in [0.1, 0.15) is 35.3 Å². The average Bonchev–Trinajstić information content (AvgIpc) is 2.80. The van der Waals surface area contributed by atoms with Crippen molar-refractivity contribution in [1.82, 2.24) is 5.32 Å². The molecule has 2 amide bonds. The summed E-state index contributed by atoms with van der Waals surface area (Å²) in [5.74, 6) is 0.247. The number of amides is 2. The highest BCUT2D eigenvalue weighted by atomic mass is 16.5. The highest BCUT2D eigenvalue weighted by Crippen LogP contribution is 2.16. The number of hydrogen-bond acceptors (Lipinski definition) is 5. The Morgan fingerprint density at radius 3 is 2.21 bits per heavy atom. The van der Waals surface area contributed by atoms with Gasteiger partial charge < -0.3 is 20.1 Å². The molecule has 0 aliphatic carbocycles. The van der Waals surface area contributed by atoms with E-state index in [-0.39, 0.29) is 18.2 Å². The van der Waals surface area contributed by atoms with Crippen LogP contribution in [0.15, 0.2) is 72.8 Å². The van der Waals surface area contributed by atoms with Gasteiger partial charge in [0, 0.05) is 24.7 Å². The largest absolute Gasteiger partial charge is 0.494 e. The van der Waals surface area contributed by atoms with Crippen molar-refractivity contribution in [2.45, 2.75) is 26.8 Å². The van der Waals surface area contributed by atoms with Gasteiger partial charge in [0.2, 0.25) is 5.91 Å². The van der Waals surface area contributed by atoms with E-state index in [2.05, 4.69) is 10.6 Å². The first-order valence-corrected chi connectivity index (χ1v) is 10.6. The van der Waals surface area contributed by atoms with Crippen LogP contribution in [0.2, 0.25) is 0 Å². The van der Waals surface area contributed by atoms with E-state index >= 15 is 0 Å². The maximum Gasteiger partial charge on any atom is 0.308 e. The maximum atomic E-state index is 12.5. The summed E-state index contributed by atoms with van der Waals surface area (Å²) in [5.41, 5.74) is 2.80. The fraction of sp³-hybridized carbons (Fsp3) is 0.192. The molecule has 0 radical (unpaired) electrons. The average molecular weight is 447 g/mol. The molecule has 0 aliphatic rings. The van der Waals surface area contributed by atoms with Crippen molar-refractivity contribution >= 4 is 23.5 Å². The summed E-state index contributed by atoms with van der Waals surface area (Å²) < 4.78 is 10.4. The first-order valence-electron chi connectivity index (χ1n) is 10.6. The number of ether oxygens (including phenoxy) is 2. The molecular formula is C26H26N2O5. The minimum atomic E-state index is -0.449. The molecule has 7 heteroatoms. The number of carbonyl (C=O) groups is 3. The third kappa shape index (κ3) is 7.50. The van der Waals surface area contributed by atoms with Crippen LogP contribution in [0.25, 0.3) is 0 Å². The van der Waals surface area contributed by atoms with Gasteiger partial charge in [-0.3, -0.25) is 14.4 Å². The highest BCUT2D eigenvalue weighted by molar-refractivity contribution is 6.04. The summed E-state index contributed by atoms with van der Waals surface area (Å²) >= 11 is 0. The van der Waals surface area contributed by atoms with E-state index in [1.54, 1.807) is 30.3 Å². The summed E-state index contributed by atoms with van der Waals surface area (Å²) in [4.78, 5) is 35.8. The smallest absolute Gasteiger partial charge is 0.308 e. The molecule has 0 saturated heterocycles. The van der Waals surface area contributed by atoms with Crippen LogP contribution in [0.4, 0.5) is 5.69 Å². The molecule has 3 aromatic carbocycles. The molecule has 3 rings (SSSR count). The van der Waals surface area contributed by atoms with Crippen molar-refractivity contribution in [2.24, 2.45) is 0 Å². The third-order valence-corrected chi connectivity index (χ3v) is 4.66. The van der Waals surface area contributed by atoms with Gasteiger partial charge in [-0.25, -0.2) is 0 Å². The van der Waals surface area contributed by atoms with E-state index in [0.717, 1.165) is 16.9 Å². The van der Waals surface area contributed by atoms with Gasteiger partial charge in [0.25, 0.3) is 5.91 Å². The molecule has 33 heavy (non-hydrogen) atoms. The van der Waals surface area contributed by atoms with Crippen molar-refractivity contribution in [1.29, 1.82) is 0 Å². The second kappa shape index (κ2) is 11.5. The van der Waals surface area contributed by atoms with Crippen molar-refractivity contribution in [3.8, 4) is 11.5 Å². The van der Waals surface area contributed by atoms with Gasteiger partial charge in [0.15, 0.2) is 0 Å². The topological polar surface area (TPSA) is 93.7 Å². The molecule has 0 aliphatic heterocycles. The van der Waals surface area contributed by atoms with Crippen LogP contribution in [-0.2, 0) is 22.6 Å². The summed E-state index contributed by atoms with van der Waals surface area (Å²) in [7, 11) is 0. The second-order valence-electron chi connectivity index (χ2n) is 7.30. The number of hydrogen-bond donors (Lipinski definition) is 2. The molecule has 0 atom stereocenters. The zero-order chi connectivity index (χ0) is 23.6. The number of carbonyl (C=O) groups excluding carboxylic acids is 3. The molecule has 0 aromatic heterocycles. The molecule has 0 saturated carbocycles. The lowest BCUT2D eigenvalue weighted by Crippen LogP contribution is -2.24. The van der Waals surface area contributed by atoms with Crippen LogP contribution in [0.3, 0.4) is 0 Å². The quantitative estimate of drug-likeness (QED) is 0.381. The number of esters is 1. The Balaban J connectivity index is 1.49. The lowest BCUT2D eigenvalue weighted by atomic mass is 10.1. The standard InChI is InChI=1S/C26H26N2O5/c1-3-32-23-13-9-19(10-14-23)15-25(30)27-17-20-7-11-22(12-8-20)28-26(31)21-5-4-6-24(16-21)33-18(2)29/h4-14,16H,3,15,17H2,1-2H3,(H,27,30)(H,28,31).